The van der Waals surface area contributed by atoms with Gasteiger partial charge in [0.25, 0.3) is 0 Å². The van der Waals surface area contributed by atoms with Gasteiger partial charge in [-0.05, 0) is 49.7 Å². The van der Waals surface area contributed by atoms with E-state index in [4.69, 9.17) is 0 Å². The average Bonchev–Trinajstić information content (AvgIpc) is 3.01. The van der Waals surface area contributed by atoms with Crippen LogP contribution in [0.3, 0.4) is 0 Å². The number of aromatic nitrogens is 3. The van der Waals surface area contributed by atoms with E-state index < -0.39 is 0 Å². The van der Waals surface area contributed by atoms with Crippen molar-refractivity contribution in [3.63, 3.8) is 0 Å². The molecule has 1 saturated heterocycles. The summed E-state index contributed by atoms with van der Waals surface area (Å²) in [7, 11) is 1.92. The molecule has 0 atom stereocenters. The van der Waals surface area contributed by atoms with Crippen LogP contribution in [-0.2, 0) is 6.42 Å². The number of nitrogens with zero attached hydrogens (tertiary/aromatic N) is 5. The molecule has 1 N–H and O–H groups in total. The molecule has 0 bridgehead atoms. The standard InChI is InChI=1S/C22H34N6.HI/c1-23-21(27-16-9-14-22(18-27)12-5-2-3-6-13-22)24-15-8-11-20-26-25-19-10-4-7-17-28(19)20;/h4,7,10,17H,2-3,5-6,8-9,11-16,18H2,1H3,(H,23,24);1H. The van der Waals surface area contributed by atoms with Gasteiger partial charge in [0.05, 0.1) is 0 Å². The zero-order chi connectivity index (χ0) is 19.2. The van der Waals surface area contributed by atoms with Crippen LogP contribution in [-0.4, -0.2) is 52.1 Å². The zero-order valence-corrected chi connectivity index (χ0v) is 20.0. The molecule has 29 heavy (non-hydrogen) atoms. The predicted molar refractivity (Wildman–Crippen MR) is 129 cm³/mol. The number of rotatable bonds is 4. The third-order valence-electron chi connectivity index (χ3n) is 6.58. The highest BCUT2D eigenvalue weighted by Gasteiger charge is 2.36. The van der Waals surface area contributed by atoms with Gasteiger partial charge in [0.2, 0.25) is 0 Å². The van der Waals surface area contributed by atoms with Crippen LogP contribution in [0.4, 0.5) is 0 Å². The first kappa shape index (κ1) is 22.3. The molecule has 1 spiro atoms. The number of aliphatic imine (C=N–C) groups is 1. The minimum atomic E-state index is 0. The molecule has 2 aromatic heterocycles. The lowest BCUT2D eigenvalue weighted by Crippen LogP contribution is -2.50. The fraction of sp³-hybridized carbons (Fsp3) is 0.682. The Morgan fingerprint density at radius 2 is 1.90 bits per heavy atom. The molecule has 1 aliphatic carbocycles. The quantitative estimate of drug-likeness (QED) is 0.289. The molecule has 2 aliphatic rings. The second-order valence-electron chi connectivity index (χ2n) is 8.56. The fourth-order valence-electron chi connectivity index (χ4n) is 5.12. The van der Waals surface area contributed by atoms with Crippen LogP contribution < -0.4 is 5.32 Å². The van der Waals surface area contributed by atoms with Gasteiger partial charge < -0.3 is 10.2 Å². The monoisotopic (exact) mass is 510 g/mol. The van der Waals surface area contributed by atoms with Crippen LogP contribution in [0.15, 0.2) is 29.4 Å². The van der Waals surface area contributed by atoms with Crippen molar-refractivity contribution < 1.29 is 0 Å². The Balaban J connectivity index is 0.00000240. The van der Waals surface area contributed by atoms with Crippen molar-refractivity contribution in [3.8, 4) is 0 Å². The maximum absolute atomic E-state index is 4.60. The molecule has 0 radical (unpaired) electrons. The number of piperidine rings is 1. The first-order valence-electron chi connectivity index (χ1n) is 11.0. The Morgan fingerprint density at radius 1 is 1.10 bits per heavy atom. The third-order valence-corrected chi connectivity index (χ3v) is 6.58. The number of likely N-dealkylation sites (tertiary alicyclic amines) is 1. The van der Waals surface area contributed by atoms with E-state index in [2.05, 4.69) is 29.8 Å². The number of pyridine rings is 1. The minimum Gasteiger partial charge on any atom is -0.356 e. The summed E-state index contributed by atoms with van der Waals surface area (Å²) < 4.78 is 2.08. The second kappa shape index (κ2) is 10.6. The Kier molecular flexibility index (Phi) is 8.15. The van der Waals surface area contributed by atoms with Crippen molar-refractivity contribution in [1.29, 1.82) is 0 Å². The first-order valence-corrected chi connectivity index (χ1v) is 11.0. The van der Waals surface area contributed by atoms with Crippen molar-refractivity contribution in [1.82, 2.24) is 24.8 Å². The molecule has 2 aromatic rings. The molecular weight excluding hydrogens is 475 g/mol. The van der Waals surface area contributed by atoms with Crippen LogP contribution in [0.1, 0.15) is 63.6 Å². The molecule has 4 rings (SSSR count). The van der Waals surface area contributed by atoms with Gasteiger partial charge in [0.1, 0.15) is 5.82 Å². The summed E-state index contributed by atoms with van der Waals surface area (Å²) >= 11 is 0. The molecule has 0 unspecified atom stereocenters. The Morgan fingerprint density at radius 3 is 2.69 bits per heavy atom. The molecule has 1 saturated carbocycles. The van der Waals surface area contributed by atoms with E-state index in [9.17, 15) is 0 Å². The SMILES string of the molecule is CN=C(NCCCc1nnc2ccccn12)N1CCCC2(CCCCCC2)C1.I. The van der Waals surface area contributed by atoms with Crippen LogP contribution in [0.25, 0.3) is 5.65 Å². The average molecular weight is 510 g/mol. The summed E-state index contributed by atoms with van der Waals surface area (Å²) in [5, 5.41) is 12.2. The van der Waals surface area contributed by atoms with Gasteiger partial charge in [0, 0.05) is 39.3 Å². The fourth-order valence-corrected chi connectivity index (χ4v) is 5.12. The van der Waals surface area contributed by atoms with Gasteiger partial charge in [-0.15, -0.1) is 34.2 Å². The summed E-state index contributed by atoms with van der Waals surface area (Å²) in [6.45, 7) is 3.23. The predicted octanol–water partition coefficient (Wildman–Crippen LogP) is 4.29. The maximum atomic E-state index is 4.60. The molecule has 7 heteroatoms. The van der Waals surface area contributed by atoms with Gasteiger partial charge >= 0.3 is 0 Å². The molecule has 6 nitrogen and oxygen atoms in total. The van der Waals surface area contributed by atoms with Crippen molar-refractivity contribution >= 4 is 35.6 Å². The Labute approximate surface area is 191 Å². The van der Waals surface area contributed by atoms with Gasteiger partial charge in [-0.1, -0.05) is 31.7 Å². The molecule has 0 amide bonds. The van der Waals surface area contributed by atoms with Crippen molar-refractivity contribution in [3.05, 3.63) is 30.2 Å². The summed E-state index contributed by atoms with van der Waals surface area (Å²) in [4.78, 5) is 7.11. The van der Waals surface area contributed by atoms with Crippen LogP contribution in [0, 0.1) is 5.41 Å². The summed E-state index contributed by atoms with van der Waals surface area (Å²) in [5.74, 6) is 2.11. The highest BCUT2D eigenvalue weighted by molar-refractivity contribution is 14.0. The van der Waals surface area contributed by atoms with Gasteiger partial charge in [0.15, 0.2) is 11.6 Å². The van der Waals surface area contributed by atoms with Gasteiger partial charge in [-0.25, -0.2) is 0 Å². The zero-order valence-electron chi connectivity index (χ0n) is 17.6. The molecule has 0 aromatic carbocycles. The van der Waals surface area contributed by atoms with E-state index >= 15 is 0 Å². The van der Waals surface area contributed by atoms with Gasteiger partial charge in [-0.3, -0.25) is 9.39 Å². The van der Waals surface area contributed by atoms with E-state index in [-0.39, 0.29) is 24.0 Å². The molecular formula is C22H35IN6. The van der Waals surface area contributed by atoms with E-state index in [0.29, 0.717) is 5.41 Å². The highest BCUT2D eigenvalue weighted by atomic mass is 127. The van der Waals surface area contributed by atoms with E-state index in [1.165, 1.54) is 57.9 Å². The number of hydrogen-bond acceptors (Lipinski definition) is 3. The summed E-state index contributed by atoms with van der Waals surface area (Å²) in [6.07, 6.45) is 15.1. The lowest BCUT2D eigenvalue weighted by molar-refractivity contribution is 0.115. The van der Waals surface area contributed by atoms with Crippen molar-refractivity contribution in [2.24, 2.45) is 10.4 Å². The maximum Gasteiger partial charge on any atom is 0.193 e. The summed E-state index contributed by atoms with van der Waals surface area (Å²) in [6, 6.07) is 6.02. The van der Waals surface area contributed by atoms with Crippen molar-refractivity contribution in [2.75, 3.05) is 26.7 Å². The topological polar surface area (TPSA) is 57.8 Å². The number of aryl methyl sites for hydroxylation is 1. The number of fused-ring (bicyclic) bond motifs is 1. The summed E-state index contributed by atoms with van der Waals surface area (Å²) in [5.41, 5.74) is 1.45. The van der Waals surface area contributed by atoms with E-state index in [1.807, 2.05) is 31.4 Å². The molecule has 2 fully saturated rings. The highest BCUT2D eigenvalue weighted by Crippen LogP contribution is 2.42. The normalized spacial score (nSPS) is 19.8. The van der Waals surface area contributed by atoms with Crippen molar-refractivity contribution in [2.45, 2.75) is 64.2 Å². The number of guanidine groups is 1. The first-order chi connectivity index (χ1) is 13.8. The molecule has 3 heterocycles. The number of nitrogens with one attached hydrogen (secondary N) is 1. The van der Waals surface area contributed by atoms with E-state index in [1.54, 1.807) is 0 Å². The second-order valence-corrected chi connectivity index (χ2v) is 8.56. The van der Waals surface area contributed by atoms with Crippen LogP contribution in [0.5, 0.6) is 0 Å². The number of halogens is 1. The lowest BCUT2D eigenvalue weighted by Gasteiger charge is -2.44. The number of hydrogen-bond donors (Lipinski definition) is 1. The third kappa shape index (κ3) is 5.41. The molecule has 1 aliphatic heterocycles. The van der Waals surface area contributed by atoms with Crippen LogP contribution >= 0.6 is 24.0 Å². The largest absolute Gasteiger partial charge is 0.356 e. The van der Waals surface area contributed by atoms with Gasteiger partial charge in [-0.2, -0.15) is 0 Å². The Bertz CT molecular complexity index is 793. The smallest absolute Gasteiger partial charge is 0.193 e. The lowest BCUT2D eigenvalue weighted by atomic mass is 9.74. The minimum absolute atomic E-state index is 0. The Hall–Kier alpha value is -1.38. The van der Waals surface area contributed by atoms with Crippen LogP contribution in [0.2, 0.25) is 0 Å². The molecule has 160 valence electrons. The van der Waals surface area contributed by atoms with E-state index in [0.717, 1.165) is 43.4 Å².